The Bertz CT molecular complexity index is 1190. The second kappa shape index (κ2) is 10.4. The van der Waals surface area contributed by atoms with Crippen LogP contribution in [-0.4, -0.2) is 57.5 Å². The van der Waals surface area contributed by atoms with Gasteiger partial charge in [0.25, 0.3) is 0 Å². The van der Waals surface area contributed by atoms with E-state index in [1.54, 1.807) is 20.2 Å². The number of hydrogen-bond acceptors (Lipinski definition) is 5. The third kappa shape index (κ3) is 5.18. The average molecular weight is 477 g/mol. The van der Waals surface area contributed by atoms with Gasteiger partial charge in [0.2, 0.25) is 5.91 Å². The topological polar surface area (TPSA) is 114 Å². The van der Waals surface area contributed by atoms with Crippen molar-refractivity contribution in [3.05, 3.63) is 77.6 Å². The minimum Gasteiger partial charge on any atom is -0.481 e. The number of carboxylic acids is 1. The molecular formula is C26H28N4O5. The number of aryl methyl sites for hydroxylation is 1. The number of fused-ring (bicyclic) bond motifs is 3. The summed E-state index contributed by atoms with van der Waals surface area (Å²) in [6, 6.07) is 15.0. The molecule has 9 heteroatoms. The summed E-state index contributed by atoms with van der Waals surface area (Å²) in [7, 11) is 1.71. The van der Waals surface area contributed by atoms with Gasteiger partial charge in [-0.15, -0.1) is 0 Å². The van der Waals surface area contributed by atoms with Gasteiger partial charge in [0.15, 0.2) is 0 Å². The Labute approximate surface area is 203 Å². The first kappa shape index (κ1) is 24.0. The molecule has 0 spiro atoms. The minimum absolute atomic E-state index is 0.0355. The van der Waals surface area contributed by atoms with Gasteiger partial charge in [0, 0.05) is 37.8 Å². The predicted molar refractivity (Wildman–Crippen MR) is 129 cm³/mol. The Kier molecular flexibility index (Phi) is 7.14. The van der Waals surface area contributed by atoms with Crippen LogP contribution in [-0.2, 0) is 21.4 Å². The first-order valence-electron chi connectivity index (χ1n) is 11.5. The first-order chi connectivity index (χ1) is 16.9. The summed E-state index contributed by atoms with van der Waals surface area (Å²) >= 11 is 0. The van der Waals surface area contributed by atoms with E-state index in [9.17, 15) is 14.4 Å². The van der Waals surface area contributed by atoms with E-state index in [1.807, 2.05) is 36.4 Å². The van der Waals surface area contributed by atoms with E-state index >= 15 is 0 Å². The number of nitrogens with one attached hydrogen (secondary N) is 1. The van der Waals surface area contributed by atoms with Gasteiger partial charge < -0.3 is 20.1 Å². The number of rotatable bonds is 9. The molecule has 4 rings (SSSR count). The van der Waals surface area contributed by atoms with Crippen LogP contribution >= 0.6 is 0 Å². The van der Waals surface area contributed by atoms with Crippen LogP contribution < -0.4 is 5.32 Å². The summed E-state index contributed by atoms with van der Waals surface area (Å²) in [6.45, 7) is 2.21. The van der Waals surface area contributed by atoms with Crippen LogP contribution in [0.15, 0.2) is 60.9 Å². The smallest absolute Gasteiger partial charge is 0.408 e. The van der Waals surface area contributed by atoms with Gasteiger partial charge in [-0.3, -0.25) is 14.3 Å². The summed E-state index contributed by atoms with van der Waals surface area (Å²) in [5.41, 5.74) is 4.91. The molecule has 2 N–H and O–H groups in total. The third-order valence-corrected chi connectivity index (χ3v) is 6.20. The van der Waals surface area contributed by atoms with Gasteiger partial charge in [0.1, 0.15) is 12.6 Å². The lowest BCUT2D eigenvalue weighted by Gasteiger charge is -2.26. The van der Waals surface area contributed by atoms with E-state index < -0.39 is 24.0 Å². The first-order valence-corrected chi connectivity index (χ1v) is 11.5. The minimum atomic E-state index is -1.05. The number of aliphatic carboxylic acids is 1. The van der Waals surface area contributed by atoms with Crippen LogP contribution in [0.2, 0.25) is 0 Å². The van der Waals surface area contributed by atoms with Crippen LogP contribution in [0.1, 0.15) is 42.0 Å². The summed E-state index contributed by atoms with van der Waals surface area (Å²) < 4.78 is 7.15. The van der Waals surface area contributed by atoms with Crippen molar-refractivity contribution in [1.29, 1.82) is 0 Å². The lowest BCUT2D eigenvalue weighted by molar-refractivity contribution is -0.139. The van der Waals surface area contributed by atoms with E-state index in [0.717, 1.165) is 22.3 Å². The number of hydrogen-bond donors (Lipinski definition) is 2. The highest BCUT2D eigenvalue weighted by atomic mass is 16.5. The molecule has 3 aromatic rings. The normalized spacial score (nSPS) is 13.0. The second-order valence-corrected chi connectivity index (χ2v) is 8.41. The lowest BCUT2D eigenvalue weighted by atomic mass is 9.98. The largest absolute Gasteiger partial charge is 0.481 e. The van der Waals surface area contributed by atoms with E-state index in [0.29, 0.717) is 12.1 Å². The number of nitrogens with zero attached hydrogens (tertiary/aromatic N) is 3. The number of benzene rings is 2. The number of likely N-dealkylation sites (N-methyl/N-ethyl adjacent to an activating group) is 1. The molecule has 1 aliphatic rings. The fourth-order valence-electron chi connectivity index (χ4n) is 4.47. The molecule has 0 fully saturated rings. The summed E-state index contributed by atoms with van der Waals surface area (Å²) in [4.78, 5) is 38.5. The van der Waals surface area contributed by atoms with Crippen LogP contribution in [0, 0.1) is 0 Å². The van der Waals surface area contributed by atoms with E-state index in [-0.39, 0.29) is 25.5 Å². The molecule has 0 saturated heterocycles. The maximum absolute atomic E-state index is 13.2. The number of carbonyl (C=O) groups excluding carboxylic acids is 2. The van der Waals surface area contributed by atoms with Gasteiger partial charge in [-0.1, -0.05) is 48.5 Å². The van der Waals surface area contributed by atoms with Crippen molar-refractivity contribution in [1.82, 2.24) is 20.0 Å². The Balaban J connectivity index is 1.49. The average Bonchev–Trinajstić information content (AvgIpc) is 3.42. The fraction of sp³-hybridized carbons (Fsp3) is 0.308. The SMILES string of the molecule is CCN(CCC(=O)O)C(=O)C(NC(=O)OCC1c2ccccc2-c2ccccc21)c1cnn(C)c1. The Morgan fingerprint density at radius 1 is 1.11 bits per heavy atom. The Morgan fingerprint density at radius 2 is 1.74 bits per heavy atom. The highest BCUT2D eigenvalue weighted by molar-refractivity contribution is 5.87. The van der Waals surface area contributed by atoms with Gasteiger partial charge in [-0.25, -0.2) is 4.79 Å². The third-order valence-electron chi connectivity index (χ3n) is 6.20. The Hall–Kier alpha value is -4.14. The summed E-state index contributed by atoms with van der Waals surface area (Å²) in [5, 5.41) is 15.8. The van der Waals surface area contributed by atoms with Crippen molar-refractivity contribution in [2.24, 2.45) is 7.05 Å². The van der Waals surface area contributed by atoms with Gasteiger partial charge in [-0.2, -0.15) is 5.10 Å². The molecule has 2 amide bonds. The molecule has 1 aromatic heterocycles. The van der Waals surface area contributed by atoms with Crippen molar-refractivity contribution in [3.63, 3.8) is 0 Å². The number of amides is 2. The zero-order chi connectivity index (χ0) is 24.9. The lowest BCUT2D eigenvalue weighted by Crippen LogP contribution is -2.44. The standard InChI is InChI=1S/C26H28N4O5/c1-3-30(13-12-23(31)32)25(33)24(17-14-27-29(2)15-17)28-26(34)35-16-22-20-10-6-4-8-18(20)19-9-5-7-11-21(19)22/h4-11,14-15,22,24H,3,12-13,16H2,1-2H3,(H,28,34)(H,31,32). The number of carbonyl (C=O) groups is 3. The number of alkyl carbamates (subject to hydrolysis) is 1. The fourth-order valence-corrected chi connectivity index (χ4v) is 4.47. The molecular weight excluding hydrogens is 448 g/mol. The molecule has 1 unspecified atom stereocenters. The highest BCUT2D eigenvalue weighted by Gasteiger charge is 2.31. The highest BCUT2D eigenvalue weighted by Crippen LogP contribution is 2.44. The second-order valence-electron chi connectivity index (χ2n) is 8.41. The molecule has 1 atom stereocenters. The predicted octanol–water partition coefficient (Wildman–Crippen LogP) is 3.32. The summed E-state index contributed by atoms with van der Waals surface area (Å²) in [5.74, 6) is -1.53. The molecule has 0 aliphatic heterocycles. The van der Waals surface area contributed by atoms with Crippen molar-refractivity contribution in [2.75, 3.05) is 19.7 Å². The van der Waals surface area contributed by atoms with Gasteiger partial charge >= 0.3 is 12.1 Å². The van der Waals surface area contributed by atoms with Gasteiger partial charge in [-0.05, 0) is 29.2 Å². The van der Waals surface area contributed by atoms with E-state index in [1.165, 1.54) is 15.8 Å². The zero-order valence-electron chi connectivity index (χ0n) is 19.7. The molecule has 0 saturated carbocycles. The molecule has 0 bridgehead atoms. The summed E-state index contributed by atoms with van der Waals surface area (Å²) in [6.07, 6.45) is 2.21. The molecule has 1 aliphatic carbocycles. The molecule has 35 heavy (non-hydrogen) atoms. The van der Waals surface area contributed by atoms with E-state index in [4.69, 9.17) is 9.84 Å². The number of aromatic nitrogens is 2. The van der Waals surface area contributed by atoms with Crippen molar-refractivity contribution >= 4 is 18.0 Å². The number of ether oxygens (including phenoxy) is 1. The quantitative estimate of drug-likeness (QED) is 0.490. The van der Waals surface area contributed by atoms with Crippen molar-refractivity contribution < 1.29 is 24.2 Å². The van der Waals surface area contributed by atoms with Gasteiger partial charge in [0.05, 0.1) is 12.6 Å². The van der Waals surface area contributed by atoms with Crippen molar-refractivity contribution in [2.45, 2.75) is 25.3 Å². The molecule has 1 heterocycles. The Morgan fingerprint density at radius 3 is 2.29 bits per heavy atom. The van der Waals surface area contributed by atoms with Crippen LogP contribution in [0.3, 0.4) is 0 Å². The zero-order valence-corrected chi connectivity index (χ0v) is 19.7. The molecule has 9 nitrogen and oxygen atoms in total. The molecule has 0 radical (unpaired) electrons. The monoisotopic (exact) mass is 476 g/mol. The molecule has 2 aromatic carbocycles. The van der Waals surface area contributed by atoms with E-state index in [2.05, 4.69) is 22.5 Å². The van der Waals surface area contributed by atoms with Crippen LogP contribution in [0.25, 0.3) is 11.1 Å². The van der Waals surface area contributed by atoms with Crippen LogP contribution in [0.5, 0.6) is 0 Å². The maximum Gasteiger partial charge on any atom is 0.408 e. The molecule has 182 valence electrons. The van der Waals surface area contributed by atoms with Crippen LogP contribution in [0.4, 0.5) is 4.79 Å². The maximum atomic E-state index is 13.2. The number of carboxylic acid groups (broad SMARTS) is 1. The van der Waals surface area contributed by atoms with Crippen molar-refractivity contribution in [3.8, 4) is 11.1 Å².